The van der Waals surface area contributed by atoms with E-state index in [9.17, 15) is 23.0 Å². The Labute approximate surface area is 156 Å². The maximum atomic E-state index is 12.6. The molecule has 0 bridgehead atoms. The van der Waals surface area contributed by atoms with Gasteiger partial charge in [0.1, 0.15) is 6.61 Å². The van der Waals surface area contributed by atoms with Crippen LogP contribution in [0.5, 0.6) is 0 Å². The van der Waals surface area contributed by atoms with E-state index in [1.165, 1.54) is 12.1 Å². The van der Waals surface area contributed by atoms with E-state index in [-0.39, 0.29) is 34.4 Å². The first-order valence-electron chi connectivity index (χ1n) is 7.31. The van der Waals surface area contributed by atoms with Crippen molar-refractivity contribution in [2.45, 2.75) is 19.4 Å². The van der Waals surface area contributed by atoms with Crippen LogP contribution in [-0.4, -0.2) is 18.1 Å². The van der Waals surface area contributed by atoms with Crippen molar-refractivity contribution in [2.75, 3.05) is 0 Å². The number of fused-ring (bicyclic) bond motifs is 1. The summed E-state index contributed by atoms with van der Waals surface area (Å²) in [6, 6.07) is 5.62. The zero-order chi connectivity index (χ0) is 19.1. The van der Waals surface area contributed by atoms with Gasteiger partial charge < -0.3 is 14.4 Å². The Morgan fingerprint density at radius 3 is 2.62 bits per heavy atom. The molecule has 2 aromatic rings. The van der Waals surface area contributed by atoms with Crippen LogP contribution >= 0.6 is 23.2 Å². The first kappa shape index (κ1) is 19.0. The number of hydrogen-bond donors (Lipinski definition) is 1. The number of halogens is 5. The zero-order valence-electron chi connectivity index (χ0n) is 12.9. The molecular weight excluding hydrogens is 395 g/mol. The van der Waals surface area contributed by atoms with Crippen LogP contribution in [-0.2, 0) is 28.8 Å². The van der Waals surface area contributed by atoms with Crippen molar-refractivity contribution >= 4 is 41.8 Å². The van der Waals surface area contributed by atoms with Crippen LogP contribution < -0.4 is 5.46 Å². The predicted molar refractivity (Wildman–Crippen MR) is 89.4 cm³/mol. The van der Waals surface area contributed by atoms with Crippen LogP contribution in [0.25, 0.3) is 0 Å². The first-order chi connectivity index (χ1) is 12.2. The monoisotopic (exact) mass is 404 g/mol. The van der Waals surface area contributed by atoms with Crippen LogP contribution in [0.1, 0.15) is 27.0 Å². The van der Waals surface area contributed by atoms with Crippen LogP contribution in [0, 0.1) is 0 Å². The van der Waals surface area contributed by atoms with E-state index in [0.717, 1.165) is 18.2 Å². The van der Waals surface area contributed by atoms with Crippen molar-refractivity contribution in [3.63, 3.8) is 0 Å². The molecule has 4 nitrogen and oxygen atoms in total. The van der Waals surface area contributed by atoms with E-state index in [1.54, 1.807) is 0 Å². The summed E-state index contributed by atoms with van der Waals surface area (Å²) in [5.41, 5.74) is 0.402. The fourth-order valence-electron chi connectivity index (χ4n) is 2.46. The summed E-state index contributed by atoms with van der Waals surface area (Å²) in [7, 11) is -1.15. The Balaban J connectivity index is 1.75. The fraction of sp³-hybridized carbons (Fsp3) is 0.188. The van der Waals surface area contributed by atoms with Crippen molar-refractivity contribution in [3.8, 4) is 0 Å². The fourth-order valence-corrected chi connectivity index (χ4v) is 2.96. The third-order valence-corrected chi connectivity index (χ3v) is 4.52. The van der Waals surface area contributed by atoms with Gasteiger partial charge in [-0.15, -0.1) is 0 Å². The molecule has 2 aromatic carbocycles. The Hall–Kier alpha value is -1.74. The lowest BCUT2D eigenvalue weighted by atomic mass is 9.79. The molecule has 1 N–H and O–H groups in total. The van der Waals surface area contributed by atoms with Crippen molar-refractivity contribution in [1.29, 1.82) is 0 Å². The lowest BCUT2D eigenvalue weighted by Gasteiger charge is -2.11. The Kier molecular flexibility index (Phi) is 5.21. The van der Waals surface area contributed by atoms with Gasteiger partial charge in [0.2, 0.25) is 0 Å². The number of alkyl halides is 3. The molecule has 0 fully saturated rings. The molecular formula is C16H10BCl2F3O4. The molecule has 1 aliphatic heterocycles. The topological polar surface area (TPSA) is 55.8 Å². The number of carbonyl (C=O) groups excluding carboxylic acids is 1. The molecule has 0 spiro atoms. The van der Waals surface area contributed by atoms with Crippen molar-refractivity contribution in [3.05, 3.63) is 62.6 Å². The van der Waals surface area contributed by atoms with E-state index in [0.29, 0.717) is 11.0 Å². The average Bonchev–Trinajstić information content (AvgIpc) is 2.92. The van der Waals surface area contributed by atoms with Crippen molar-refractivity contribution < 1.29 is 32.4 Å². The van der Waals surface area contributed by atoms with Gasteiger partial charge in [-0.05, 0) is 35.3 Å². The molecule has 3 rings (SSSR count). The van der Waals surface area contributed by atoms with Crippen molar-refractivity contribution in [2.24, 2.45) is 0 Å². The summed E-state index contributed by atoms with van der Waals surface area (Å²) in [6.07, 6.45) is -4.51. The second-order valence-electron chi connectivity index (χ2n) is 5.57. The van der Waals surface area contributed by atoms with Crippen LogP contribution in [0.3, 0.4) is 0 Å². The van der Waals surface area contributed by atoms with Gasteiger partial charge in [-0.25, -0.2) is 4.79 Å². The summed E-state index contributed by atoms with van der Waals surface area (Å²) >= 11 is 11.9. The van der Waals surface area contributed by atoms with E-state index in [1.807, 2.05) is 0 Å². The average molecular weight is 405 g/mol. The lowest BCUT2D eigenvalue weighted by Crippen LogP contribution is -2.29. The molecule has 1 heterocycles. The molecule has 0 saturated carbocycles. The Morgan fingerprint density at radius 1 is 1.23 bits per heavy atom. The third kappa shape index (κ3) is 3.83. The van der Waals surface area contributed by atoms with Gasteiger partial charge >= 0.3 is 19.3 Å². The highest BCUT2D eigenvalue weighted by Gasteiger charge is 2.31. The standard InChI is InChI=1S/C16H10BCl2F3O4/c18-13-4-10(16(20,21)22)2-1-8(13)6-25-15(23)11-5-12-9(3-14(11)19)7-26-17(12)24/h1-5,24H,6-7H2. The predicted octanol–water partition coefficient (Wildman–Crippen LogP) is 3.59. The van der Waals surface area contributed by atoms with Gasteiger partial charge in [0.15, 0.2) is 0 Å². The third-order valence-electron chi connectivity index (χ3n) is 3.85. The summed E-state index contributed by atoms with van der Waals surface area (Å²) < 4.78 is 48.0. The number of carbonyl (C=O) groups is 1. The van der Waals surface area contributed by atoms with Gasteiger partial charge in [0.05, 0.1) is 22.8 Å². The van der Waals surface area contributed by atoms with Gasteiger partial charge in [-0.1, -0.05) is 29.3 Å². The van der Waals surface area contributed by atoms with Crippen LogP contribution in [0.15, 0.2) is 30.3 Å². The molecule has 1 aliphatic rings. The second kappa shape index (κ2) is 7.11. The van der Waals surface area contributed by atoms with E-state index >= 15 is 0 Å². The quantitative estimate of drug-likeness (QED) is 0.627. The highest BCUT2D eigenvalue weighted by atomic mass is 35.5. The van der Waals surface area contributed by atoms with Gasteiger partial charge in [0.25, 0.3) is 0 Å². The largest absolute Gasteiger partial charge is 0.491 e. The Morgan fingerprint density at radius 2 is 1.96 bits per heavy atom. The highest BCUT2D eigenvalue weighted by molar-refractivity contribution is 6.61. The van der Waals surface area contributed by atoms with Gasteiger partial charge in [-0.3, -0.25) is 0 Å². The SMILES string of the molecule is O=C(OCc1ccc(C(F)(F)F)cc1Cl)c1cc2c(cc1Cl)COB2O. The molecule has 0 aromatic heterocycles. The molecule has 0 unspecified atom stereocenters. The van der Waals surface area contributed by atoms with E-state index < -0.39 is 24.8 Å². The van der Waals surface area contributed by atoms with Crippen LogP contribution in [0.2, 0.25) is 10.0 Å². The number of ether oxygens (including phenoxy) is 1. The molecule has 10 heteroatoms. The first-order valence-corrected chi connectivity index (χ1v) is 8.07. The number of benzene rings is 2. The maximum Gasteiger partial charge on any atom is 0.491 e. The zero-order valence-corrected chi connectivity index (χ0v) is 14.5. The molecule has 0 aliphatic carbocycles. The number of hydrogen-bond acceptors (Lipinski definition) is 4. The minimum Gasteiger partial charge on any atom is -0.457 e. The molecule has 0 radical (unpaired) electrons. The summed E-state index contributed by atoms with van der Waals surface area (Å²) in [5, 5.41) is 9.63. The molecule has 0 atom stereocenters. The molecule has 136 valence electrons. The highest BCUT2D eigenvalue weighted by Crippen LogP contribution is 2.32. The molecule has 26 heavy (non-hydrogen) atoms. The van der Waals surface area contributed by atoms with Crippen molar-refractivity contribution in [1.82, 2.24) is 0 Å². The summed E-state index contributed by atoms with van der Waals surface area (Å²) in [4.78, 5) is 12.2. The lowest BCUT2D eigenvalue weighted by molar-refractivity contribution is -0.137. The van der Waals surface area contributed by atoms with Gasteiger partial charge in [0, 0.05) is 10.6 Å². The normalized spacial score (nSPS) is 13.7. The Bertz CT molecular complexity index is 873. The van der Waals surface area contributed by atoms with Gasteiger partial charge in [-0.2, -0.15) is 13.2 Å². The molecule has 0 amide bonds. The second-order valence-corrected chi connectivity index (χ2v) is 6.39. The molecule has 0 saturated heterocycles. The summed E-state index contributed by atoms with van der Waals surface area (Å²) in [6.45, 7) is -0.158. The minimum atomic E-state index is -4.51. The van der Waals surface area contributed by atoms with E-state index in [4.69, 9.17) is 32.6 Å². The minimum absolute atomic E-state index is 0.0120. The van der Waals surface area contributed by atoms with E-state index in [2.05, 4.69) is 0 Å². The maximum absolute atomic E-state index is 12.6. The number of esters is 1. The van der Waals surface area contributed by atoms with Crippen LogP contribution in [0.4, 0.5) is 13.2 Å². The smallest absolute Gasteiger partial charge is 0.457 e. The number of rotatable bonds is 3. The summed E-state index contributed by atoms with van der Waals surface area (Å²) in [5.74, 6) is -0.798.